The maximum absolute atomic E-state index is 12.2. The van der Waals surface area contributed by atoms with Crippen LogP contribution < -0.4 is 10.6 Å². The van der Waals surface area contributed by atoms with Crippen LogP contribution in [-0.4, -0.2) is 76.0 Å². The molecule has 0 aromatic rings. The number of guanidine groups is 1. The Morgan fingerprint density at radius 1 is 1.21 bits per heavy atom. The molecule has 2 aliphatic rings. The minimum atomic E-state index is -0.700. The number of hydrogen-bond donors (Lipinski definition) is 2. The summed E-state index contributed by atoms with van der Waals surface area (Å²) in [7, 11) is -0.700. The van der Waals surface area contributed by atoms with Crippen molar-refractivity contribution in [2.24, 2.45) is 4.99 Å². The fraction of sp³-hybridized carbons (Fsp3) is 0.952. The first-order chi connectivity index (χ1) is 13.2. The number of ether oxygens (including phenoxy) is 1. The number of nitrogens with zero attached hydrogens (tertiary/aromatic N) is 2. The Hall–Kier alpha value is 0.0700. The van der Waals surface area contributed by atoms with E-state index >= 15 is 0 Å². The highest BCUT2D eigenvalue weighted by molar-refractivity contribution is 14.0. The molecule has 172 valence electrons. The van der Waals surface area contributed by atoms with Crippen LogP contribution >= 0.6 is 24.0 Å². The molecule has 1 aliphatic carbocycles. The molecule has 1 aliphatic heterocycles. The van der Waals surface area contributed by atoms with Crippen LogP contribution in [-0.2, 0) is 15.5 Å². The van der Waals surface area contributed by atoms with Gasteiger partial charge in [0.2, 0.25) is 0 Å². The predicted octanol–water partition coefficient (Wildman–Crippen LogP) is 3.13. The van der Waals surface area contributed by atoms with Gasteiger partial charge in [0.15, 0.2) is 5.96 Å². The van der Waals surface area contributed by atoms with Gasteiger partial charge in [-0.1, -0.05) is 13.3 Å². The van der Waals surface area contributed by atoms with Crippen molar-refractivity contribution in [3.8, 4) is 0 Å². The van der Waals surface area contributed by atoms with Gasteiger partial charge in [-0.2, -0.15) is 0 Å². The zero-order chi connectivity index (χ0) is 20.7. The Morgan fingerprint density at radius 3 is 2.45 bits per heavy atom. The molecule has 0 radical (unpaired) electrons. The number of hydrogen-bond acceptors (Lipinski definition) is 4. The van der Waals surface area contributed by atoms with Gasteiger partial charge in [0, 0.05) is 53.0 Å². The molecule has 0 bridgehead atoms. The molecule has 2 fully saturated rings. The number of aliphatic imine (C=N–C) groups is 1. The summed E-state index contributed by atoms with van der Waals surface area (Å²) < 4.78 is 18.1. The molecule has 0 amide bonds. The van der Waals surface area contributed by atoms with E-state index in [1.165, 1.54) is 0 Å². The molecule has 1 saturated carbocycles. The lowest BCUT2D eigenvalue weighted by molar-refractivity contribution is -0.0939. The third-order valence-corrected chi connectivity index (χ3v) is 7.61. The molecule has 2 rings (SSSR count). The van der Waals surface area contributed by atoms with Gasteiger partial charge in [0.1, 0.15) is 0 Å². The number of morpholine rings is 1. The van der Waals surface area contributed by atoms with Crippen LogP contribution in [0.1, 0.15) is 67.2 Å². The third kappa shape index (κ3) is 8.61. The van der Waals surface area contributed by atoms with Gasteiger partial charge >= 0.3 is 0 Å². The van der Waals surface area contributed by atoms with E-state index < -0.39 is 10.8 Å². The first-order valence-electron chi connectivity index (χ1n) is 11.1. The second kappa shape index (κ2) is 12.8. The van der Waals surface area contributed by atoms with E-state index in [4.69, 9.17) is 9.73 Å². The molecular formula is C21H43IN4O2S. The molecule has 29 heavy (non-hydrogen) atoms. The fourth-order valence-electron chi connectivity index (χ4n) is 4.31. The highest BCUT2D eigenvalue weighted by Gasteiger charge is 2.33. The van der Waals surface area contributed by atoms with E-state index in [2.05, 4.69) is 50.2 Å². The summed E-state index contributed by atoms with van der Waals surface area (Å²) in [6.07, 6.45) is 4.86. The van der Waals surface area contributed by atoms with Crippen molar-refractivity contribution in [3.05, 3.63) is 0 Å². The third-order valence-electron chi connectivity index (χ3n) is 5.87. The topological polar surface area (TPSA) is 66.0 Å². The Morgan fingerprint density at radius 2 is 1.86 bits per heavy atom. The Bertz CT molecular complexity index is 537. The van der Waals surface area contributed by atoms with Gasteiger partial charge in [0.05, 0.1) is 18.8 Å². The van der Waals surface area contributed by atoms with Gasteiger partial charge in [-0.15, -0.1) is 24.0 Å². The molecule has 0 spiro atoms. The molecule has 5 atom stereocenters. The van der Waals surface area contributed by atoms with Gasteiger partial charge in [-0.05, 0) is 53.9 Å². The molecule has 2 N–H and O–H groups in total. The molecule has 1 saturated heterocycles. The van der Waals surface area contributed by atoms with Crippen LogP contribution in [0.4, 0.5) is 0 Å². The lowest BCUT2D eigenvalue weighted by atomic mass is 9.95. The highest BCUT2D eigenvalue weighted by Crippen LogP contribution is 2.24. The van der Waals surface area contributed by atoms with Crippen molar-refractivity contribution in [3.63, 3.8) is 0 Å². The molecule has 1 heterocycles. The summed E-state index contributed by atoms with van der Waals surface area (Å²) in [5.74, 6) is 1.65. The van der Waals surface area contributed by atoms with Crippen LogP contribution in [0.2, 0.25) is 0 Å². The summed E-state index contributed by atoms with van der Waals surface area (Å²) in [5, 5.41) is 7.35. The molecule has 8 heteroatoms. The Balaban J connectivity index is 0.00000420. The number of nitrogens with one attached hydrogen (secondary N) is 2. The van der Waals surface area contributed by atoms with Crippen molar-refractivity contribution in [1.29, 1.82) is 0 Å². The highest BCUT2D eigenvalue weighted by atomic mass is 127. The smallest absolute Gasteiger partial charge is 0.191 e. The zero-order valence-electron chi connectivity index (χ0n) is 19.2. The zero-order valence-corrected chi connectivity index (χ0v) is 22.3. The van der Waals surface area contributed by atoms with E-state index in [0.29, 0.717) is 11.3 Å². The van der Waals surface area contributed by atoms with Crippen molar-refractivity contribution in [1.82, 2.24) is 15.5 Å². The van der Waals surface area contributed by atoms with Gasteiger partial charge in [-0.3, -0.25) is 14.1 Å². The van der Waals surface area contributed by atoms with E-state index in [0.717, 1.165) is 63.6 Å². The van der Waals surface area contributed by atoms with Crippen LogP contribution in [0.25, 0.3) is 0 Å². The predicted molar refractivity (Wildman–Crippen MR) is 135 cm³/mol. The van der Waals surface area contributed by atoms with Crippen LogP contribution in [0.3, 0.4) is 0 Å². The lowest BCUT2D eigenvalue weighted by Crippen LogP contribution is -2.56. The standard InChI is InChI=1S/C21H42N4O2S.HI/c1-7-22-20(24-18-10-9-11-19(12-18)28(26)8-2)23-15-21(5,6)25-13-16(3)27-17(4)14-25;/h16-19H,7-15H2,1-6H3,(H2,22,23,24);1H. The second-order valence-corrected chi connectivity index (χ2v) is 11.0. The largest absolute Gasteiger partial charge is 0.373 e. The average molecular weight is 543 g/mol. The second-order valence-electron chi connectivity index (χ2n) is 8.97. The molecule has 0 aromatic carbocycles. The first kappa shape index (κ1) is 27.1. The monoisotopic (exact) mass is 542 g/mol. The fourth-order valence-corrected chi connectivity index (χ4v) is 5.66. The Kier molecular flexibility index (Phi) is 12.0. The van der Waals surface area contributed by atoms with E-state index in [1.807, 2.05) is 6.92 Å². The van der Waals surface area contributed by atoms with Crippen LogP contribution in [0, 0.1) is 0 Å². The van der Waals surface area contributed by atoms with Crippen molar-refractivity contribution >= 4 is 40.7 Å². The van der Waals surface area contributed by atoms with Crippen molar-refractivity contribution < 1.29 is 8.95 Å². The maximum atomic E-state index is 12.2. The quantitative estimate of drug-likeness (QED) is 0.294. The normalized spacial score (nSPS) is 30.3. The minimum Gasteiger partial charge on any atom is -0.373 e. The summed E-state index contributed by atoms with van der Waals surface area (Å²) in [5.41, 5.74) is -0.0204. The van der Waals surface area contributed by atoms with Crippen LogP contribution in [0.15, 0.2) is 4.99 Å². The van der Waals surface area contributed by atoms with Gasteiger partial charge < -0.3 is 15.4 Å². The van der Waals surface area contributed by atoms with E-state index in [-0.39, 0.29) is 41.7 Å². The van der Waals surface area contributed by atoms with E-state index in [1.54, 1.807) is 0 Å². The summed E-state index contributed by atoms with van der Waals surface area (Å²) >= 11 is 0. The molecule has 0 aromatic heterocycles. The van der Waals surface area contributed by atoms with Crippen molar-refractivity contribution in [2.75, 3.05) is 31.9 Å². The number of halogens is 1. The average Bonchev–Trinajstić information content (AvgIpc) is 2.65. The number of rotatable bonds is 7. The molecule has 5 unspecified atom stereocenters. The van der Waals surface area contributed by atoms with Gasteiger partial charge in [-0.25, -0.2) is 0 Å². The molecule has 6 nitrogen and oxygen atoms in total. The lowest BCUT2D eigenvalue weighted by Gasteiger charge is -2.44. The maximum Gasteiger partial charge on any atom is 0.191 e. The summed E-state index contributed by atoms with van der Waals surface area (Å²) in [6.45, 7) is 16.4. The Labute approximate surface area is 197 Å². The van der Waals surface area contributed by atoms with E-state index in [9.17, 15) is 4.21 Å². The van der Waals surface area contributed by atoms with Crippen LogP contribution in [0.5, 0.6) is 0 Å². The first-order valence-corrected chi connectivity index (χ1v) is 12.5. The van der Waals surface area contributed by atoms with Gasteiger partial charge in [0.25, 0.3) is 0 Å². The molecular weight excluding hydrogens is 499 g/mol. The SMILES string of the molecule is CCNC(=NCC(C)(C)N1CC(C)OC(C)C1)NC1CCCC(S(=O)CC)C1.I. The van der Waals surface area contributed by atoms with Crippen molar-refractivity contribution in [2.45, 2.75) is 96.3 Å². The minimum absolute atomic E-state index is 0. The summed E-state index contributed by atoms with van der Waals surface area (Å²) in [6, 6.07) is 0.360. The summed E-state index contributed by atoms with van der Waals surface area (Å²) in [4.78, 5) is 7.43.